The highest BCUT2D eigenvalue weighted by molar-refractivity contribution is 5.84. The first-order valence-corrected chi connectivity index (χ1v) is 6.44. The number of hydrogen-bond acceptors (Lipinski definition) is 5. The number of nitrogens with zero attached hydrogens (tertiary/aromatic N) is 5. The van der Waals surface area contributed by atoms with Gasteiger partial charge in [0.25, 0.3) is 0 Å². The van der Waals surface area contributed by atoms with Crippen molar-refractivity contribution >= 4 is 17.0 Å². The molecule has 18 heavy (non-hydrogen) atoms. The van der Waals surface area contributed by atoms with Crippen LogP contribution in [-0.4, -0.2) is 45.7 Å². The van der Waals surface area contributed by atoms with Crippen molar-refractivity contribution in [2.24, 2.45) is 0 Å². The van der Waals surface area contributed by atoms with Gasteiger partial charge >= 0.3 is 0 Å². The van der Waals surface area contributed by atoms with Crippen LogP contribution in [0.4, 0.5) is 5.82 Å². The van der Waals surface area contributed by atoms with Gasteiger partial charge in [-0.05, 0) is 13.8 Å². The van der Waals surface area contributed by atoms with Gasteiger partial charge in [-0.2, -0.15) is 0 Å². The molecule has 0 radical (unpaired) electrons. The lowest BCUT2D eigenvalue weighted by atomic mass is 10.3. The monoisotopic (exact) mass is 246 g/mol. The molecule has 1 N–H and O–H groups in total. The molecular formula is C12H18N6. The van der Waals surface area contributed by atoms with Crippen LogP contribution in [0.2, 0.25) is 0 Å². The Labute approximate surface area is 106 Å². The van der Waals surface area contributed by atoms with Crippen molar-refractivity contribution in [2.75, 3.05) is 31.1 Å². The van der Waals surface area contributed by atoms with E-state index in [-0.39, 0.29) is 0 Å². The van der Waals surface area contributed by atoms with Crippen LogP contribution < -0.4 is 10.2 Å². The molecule has 0 saturated carbocycles. The normalized spacial score (nSPS) is 16.4. The fraction of sp³-hybridized carbons (Fsp3) is 0.583. The maximum atomic E-state index is 4.63. The lowest BCUT2D eigenvalue weighted by molar-refractivity contribution is 0.586. The standard InChI is InChI=1S/C12H18N6/c1-3-18-9(2)16-10-11(14-8-15-12(10)18)17-6-4-13-5-7-17/h8,13H,3-7H2,1-2H3. The van der Waals surface area contributed by atoms with Crippen molar-refractivity contribution < 1.29 is 0 Å². The lowest BCUT2D eigenvalue weighted by Crippen LogP contribution is -2.44. The van der Waals surface area contributed by atoms with Crippen molar-refractivity contribution in [2.45, 2.75) is 20.4 Å². The van der Waals surface area contributed by atoms with Crippen molar-refractivity contribution in [1.29, 1.82) is 0 Å². The third-order valence-electron chi connectivity index (χ3n) is 3.44. The number of aryl methyl sites for hydroxylation is 2. The quantitative estimate of drug-likeness (QED) is 0.839. The maximum absolute atomic E-state index is 4.63. The summed E-state index contributed by atoms with van der Waals surface area (Å²) in [5.74, 6) is 1.97. The van der Waals surface area contributed by atoms with E-state index in [1.807, 2.05) is 6.92 Å². The molecule has 6 nitrogen and oxygen atoms in total. The number of nitrogens with one attached hydrogen (secondary N) is 1. The van der Waals surface area contributed by atoms with Crippen LogP contribution in [0.5, 0.6) is 0 Å². The van der Waals surface area contributed by atoms with E-state index >= 15 is 0 Å². The average molecular weight is 246 g/mol. The zero-order valence-electron chi connectivity index (χ0n) is 10.8. The Morgan fingerprint density at radius 3 is 2.78 bits per heavy atom. The molecule has 0 bridgehead atoms. The van der Waals surface area contributed by atoms with Crippen LogP contribution in [0.1, 0.15) is 12.7 Å². The van der Waals surface area contributed by atoms with Crippen molar-refractivity contribution in [3.63, 3.8) is 0 Å². The average Bonchev–Trinajstić information content (AvgIpc) is 2.74. The summed E-state index contributed by atoms with van der Waals surface area (Å²) in [5, 5.41) is 3.35. The predicted molar refractivity (Wildman–Crippen MR) is 70.8 cm³/mol. The van der Waals surface area contributed by atoms with Gasteiger partial charge < -0.3 is 14.8 Å². The Kier molecular flexibility index (Phi) is 2.87. The van der Waals surface area contributed by atoms with E-state index in [0.717, 1.165) is 55.5 Å². The molecule has 6 heteroatoms. The highest BCUT2D eigenvalue weighted by Crippen LogP contribution is 2.23. The van der Waals surface area contributed by atoms with Crippen LogP contribution in [0.25, 0.3) is 11.2 Å². The van der Waals surface area contributed by atoms with E-state index < -0.39 is 0 Å². The van der Waals surface area contributed by atoms with Crippen molar-refractivity contribution in [1.82, 2.24) is 24.8 Å². The molecule has 3 rings (SSSR count). The third-order valence-corrected chi connectivity index (χ3v) is 3.44. The zero-order valence-corrected chi connectivity index (χ0v) is 10.8. The molecule has 2 aromatic heterocycles. The van der Waals surface area contributed by atoms with E-state index in [4.69, 9.17) is 0 Å². The van der Waals surface area contributed by atoms with Gasteiger partial charge in [0.15, 0.2) is 17.0 Å². The summed E-state index contributed by atoms with van der Waals surface area (Å²) in [5.41, 5.74) is 1.87. The molecule has 2 aromatic rings. The summed E-state index contributed by atoms with van der Waals surface area (Å²) < 4.78 is 2.13. The number of rotatable bonds is 2. The second-order valence-electron chi connectivity index (χ2n) is 4.51. The Hall–Kier alpha value is -1.69. The predicted octanol–water partition coefficient (Wildman–Crippen LogP) is 0.564. The third kappa shape index (κ3) is 1.73. The largest absolute Gasteiger partial charge is 0.352 e. The van der Waals surface area contributed by atoms with E-state index in [0.29, 0.717) is 0 Å². The number of piperazine rings is 1. The number of fused-ring (bicyclic) bond motifs is 1. The van der Waals surface area contributed by atoms with Crippen LogP contribution >= 0.6 is 0 Å². The maximum Gasteiger partial charge on any atom is 0.165 e. The molecule has 1 aliphatic heterocycles. The first-order chi connectivity index (χ1) is 8.81. The highest BCUT2D eigenvalue weighted by atomic mass is 15.3. The number of aromatic nitrogens is 4. The summed E-state index contributed by atoms with van der Waals surface area (Å²) in [6.07, 6.45) is 1.65. The second kappa shape index (κ2) is 4.53. The smallest absolute Gasteiger partial charge is 0.165 e. The Bertz CT molecular complexity index is 555. The molecule has 0 aromatic carbocycles. The van der Waals surface area contributed by atoms with Gasteiger partial charge in [-0.15, -0.1) is 0 Å². The van der Waals surface area contributed by atoms with E-state index in [1.54, 1.807) is 6.33 Å². The first kappa shape index (κ1) is 11.4. The summed E-state index contributed by atoms with van der Waals surface area (Å²) in [7, 11) is 0. The topological polar surface area (TPSA) is 58.9 Å². The number of imidazole rings is 1. The number of anilines is 1. The Morgan fingerprint density at radius 1 is 1.28 bits per heavy atom. The minimum atomic E-state index is 0.889. The van der Waals surface area contributed by atoms with E-state index in [1.165, 1.54) is 0 Å². The zero-order chi connectivity index (χ0) is 12.5. The van der Waals surface area contributed by atoms with Crippen LogP contribution in [0, 0.1) is 6.92 Å². The minimum absolute atomic E-state index is 0.889. The van der Waals surface area contributed by atoms with Gasteiger partial charge in [0.2, 0.25) is 0 Å². The summed E-state index contributed by atoms with van der Waals surface area (Å²) in [4.78, 5) is 15.7. The van der Waals surface area contributed by atoms with Crippen molar-refractivity contribution in [3.05, 3.63) is 12.2 Å². The molecule has 3 heterocycles. The molecule has 0 atom stereocenters. The lowest BCUT2D eigenvalue weighted by Gasteiger charge is -2.28. The molecule has 96 valence electrons. The molecule has 1 fully saturated rings. The summed E-state index contributed by atoms with van der Waals surface area (Å²) >= 11 is 0. The highest BCUT2D eigenvalue weighted by Gasteiger charge is 2.18. The van der Waals surface area contributed by atoms with Gasteiger partial charge in [-0.1, -0.05) is 0 Å². The number of hydrogen-bond donors (Lipinski definition) is 1. The molecular weight excluding hydrogens is 228 g/mol. The fourth-order valence-corrected chi connectivity index (χ4v) is 2.52. The van der Waals surface area contributed by atoms with E-state index in [9.17, 15) is 0 Å². The molecule has 0 spiro atoms. The molecule has 1 saturated heterocycles. The first-order valence-electron chi connectivity index (χ1n) is 6.44. The van der Waals surface area contributed by atoms with Gasteiger partial charge in [0.05, 0.1) is 0 Å². The molecule has 0 amide bonds. The SMILES string of the molecule is CCn1c(C)nc2c(N3CCNCC3)ncnc21. The molecule has 0 aliphatic carbocycles. The fourth-order valence-electron chi connectivity index (χ4n) is 2.52. The van der Waals surface area contributed by atoms with Crippen molar-refractivity contribution in [3.8, 4) is 0 Å². The van der Waals surface area contributed by atoms with Gasteiger partial charge in [-0.3, -0.25) is 0 Å². The minimum Gasteiger partial charge on any atom is -0.352 e. The van der Waals surface area contributed by atoms with Gasteiger partial charge in [-0.25, -0.2) is 15.0 Å². The van der Waals surface area contributed by atoms with Crippen LogP contribution in [0.15, 0.2) is 6.33 Å². The van der Waals surface area contributed by atoms with E-state index in [2.05, 4.69) is 36.7 Å². The molecule has 1 aliphatic rings. The Balaban J connectivity index is 2.11. The van der Waals surface area contributed by atoms with Gasteiger partial charge in [0, 0.05) is 32.7 Å². The molecule has 0 unspecified atom stereocenters. The Morgan fingerprint density at radius 2 is 2.06 bits per heavy atom. The summed E-state index contributed by atoms with van der Waals surface area (Å²) in [6, 6.07) is 0. The summed E-state index contributed by atoms with van der Waals surface area (Å²) in [6.45, 7) is 8.97. The van der Waals surface area contributed by atoms with Crippen LogP contribution in [0.3, 0.4) is 0 Å². The van der Waals surface area contributed by atoms with Crippen LogP contribution in [-0.2, 0) is 6.54 Å². The van der Waals surface area contributed by atoms with Gasteiger partial charge in [0.1, 0.15) is 12.2 Å². The second-order valence-corrected chi connectivity index (χ2v) is 4.51.